The lowest BCUT2D eigenvalue weighted by molar-refractivity contribution is -0.122. The van der Waals surface area contributed by atoms with Crippen LogP contribution in [0, 0.1) is 13.8 Å². The zero-order chi connectivity index (χ0) is 19.1. The summed E-state index contributed by atoms with van der Waals surface area (Å²) in [5, 5.41) is 3.48. The first-order valence-corrected chi connectivity index (χ1v) is 9.45. The number of hydrogen-bond donors (Lipinski definition) is 2. The van der Waals surface area contributed by atoms with Gasteiger partial charge in [-0.25, -0.2) is 9.97 Å². The summed E-state index contributed by atoms with van der Waals surface area (Å²) in [5.74, 6) is 0.408. The maximum Gasteiger partial charge on any atom is 0.262 e. The van der Waals surface area contributed by atoms with Crippen LogP contribution in [-0.2, 0) is 11.3 Å². The third kappa shape index (κ3) is 3.12. The smallest absolute Gasteiger partial charge is 0.262 e. The van der Waals surface area contributed by atoms with E-state index in [4.69, 9.17) is 0 Å². The first-order chi connectivity index (χ1) is 12.9. The molecule has 27 heavy (non-hydrogen) atoms. The van der Waals surface area contributed by atoms with Crippen LogP contribution in [0.1, 0.15) is 29.2 Å². The van der Waals surface area contributed by atoms with Crippen molar-refractivity contribution in [1.82, 2.24) is 24.8 Å². The average Bonchev–Trinajstić information content (AvgIpc) is 3.19. The summed E-state index contributed by atoms with van der Waals surface area (Å²) in [6.07, 6.45) is 1.44. The number of imidazole rings is 1. The van der Waals surface area contributed by atoms with E-state index in [0.717, 1.165) is 21.5 Å². The van der Waals surface area contributed by atoms with Gasteiger partial charge in [-0.15, -0.1) is 11.3 Å². The normalized spacial score (nSPS) is 12.6. The lowest BCUT2D eigenvalue weighted by atomic mass is 10.2. The van der Waals surface area contributed by atoms with Gasteiger partial charge in [-0.05, 0) is 38.5 Å². The molecule has 2 N–H and O–H groups in total. The first kappa shape index (κ1) is 17.4. The topological polar surface area (TPSA) is 92.7 Å². The van der Waals surface area contributed by atoms with Crippen molar-refractivity contribution >= 4 is 38.5 Å². The summed E-state index contributed by atoms with van der Waals surface area (Å²) in [6.45, 7) is 5.64. The molecule has 138 valence electrons. The van der Waals surface area contributed by atoms with E-state index < -0.39 is 0 Å². The molecule has 1 aromatic carbocycles. The minimum absolute atomic E-state index is 0.0827. The number of hydrogen-bond acceptors (Lipinski definition) is 5. The molecule has 7 nitrogen and oxygen atoms in total. The van der Waals surface area contributed by atoms with Crippen molar-refractivity contribution < 1.29 is 4.79 Å². The highest BCUT2D eigenvalue weighted by molar-refractivity contribution is 7.18. The molecule has 8 heteroatoms. The molecule has 0 saturated carbocycles. The van der Waals surface area contributed by atoms with Gasteiger partial charge < -0.3 is 10.3 Å². The van der Waals surface area contributed by atoms with Crippen molar-refractivity contribution in [2.75, 3.05) is 0 Å². The maximum absolute atomic E-state index is 12.7. The number of benzene rings is 1. The predicted octanol–water partition coefficient (Wildman–Crippen LogP) is 2.83. The number of carbonyl (C=O) groups is 1. The number of fused-ring (bicyclic) bond motifs is 2. The van der Waals surface area contributed by atoms with Crippen molar-refractivity contribution in [2.24, 2.45) is 0 Å². The van der Waals surface area contributed by atoms with Crippen LogP contribution in [0.4, 0.5) is 0 Å². The molecule has 0 radical (unpaired) electrons. The van der Waals surface area contributed by atoms with Crippen LogP contribution in [0.15, 0.2) is 35.4 Å². The number of aromatic amines is 1. The molecule has 0 saturated heterocycles. The van der Waals surface area contributed by atoms with Gasteiger partial charge in [-0.3, -0.25) is 14.2 Å². The van der Waals surface area contributed by atoms with Gasteiger partial charge in [0.05, 0.1) is 28.8 Å². The molecule has 0 aliphatic rings. The number of para-hydroxylation sites is 2. The fourth-order valence-electron chi connectivity index (χ4n) is 3.07. The Bertz CT molecular complexity index is 1190. The highest BCUT2D eigenvalue weighted by Gasteiger charge is 2.16. The van der Waals surface area contributed by atoms with Crippen LogP contribution in [0.25, 0.3) is 21.3 Å². The molecule has 0 aliphatic carbocycles. The zero-order valence-corrected chi connectivity index (χ0v) is 16.1. The molecule has 1 unspecified atom stereocenters. The number of rotatable bonds is 4. The summed E-state index contributed by atoms with van der Waals surface area (Å²) in [7, 11) is 0. The van der Waals surface area contributed by atoms with Crippen molar-refractivity contribution in [1.29, 1.82) is 0 Å². The minimum atomic E-state index is -0.303. The second-order valence-electron chi connectivity index (χ2n) is 6.57. The molecule has 4 rings (SSSR count). The number of nitrogens with one attached hydrogen (secondary N) is 2. The minimum Gasteiger partial charge on any atom is -0.345 e. The predicted molar refractivity (Wildman–Crippen MR) is 106 cm³/mol. The monoisotopic (exact) mass is 381 g/mol. The third-order valence-electron chi connectivity index (χ3n) is 4.67. The Morgan fingerprint density at radius 2 is 2.11 bits per heavy atom. The molecule has 3 heterocycles. The van der Waals surface area contributed by atoms with E-state index in [1.807, 2.05) is 45.0 Å². The first-order valence-electron chi connectivity index (χ1n) is 8.63. The van der Waals surface area contributed by atoms with Gasteiger partial charge in [-0.1, -0.05) is 12.1 Å². The molecular weight excluding hydrogens is 362 g/mol. The van der Waals surface area contributed by atoms with Gasteiger partial charge in [0.2, 0.25) is 5.91 Å². The van der Waals surface area contributed by atoms with Gasteiger partial charge in [0.25, 0.3) is 5.56 Å². The Morgan fingerprint density at radius 3 is 2.89 bits per heavy atom. The van der Waals surface area contributed by atoms with Crippen LogP contribution < -0.4 is 10.9 Å². The molecular formula is C19H19N5O2S. The van der Waals surface area contributed by atoms with Crippen LogP contribution >= 0.6 is 11.3 Å². The van der Waals surface area contributed by atoms with E-state index >= 15 is 0 Å². The molecule has 1 atom stereocenters. The van der Waals surface area contributed by atoms with Gasteiger partial charge in [0.15, 0.2) is 0 Å². The Hall–Kier alpha value is -3.00. The average molecular weight is 381 g/mol. The molecule has 1 amide bonds. The van der Waals surface area contributed by atoms with Gasteiger partial charge >= 0.3 is 0 Å². The fraction of sp³-hybridized carbons (Fsp3) is 0.263. The van der Waals surface area contributed by atoms with Crippen LogP contribution in [0.2, 0.25) is 0 Å². The molecule has 4 aromatic rings. The SMILES string of the molecule is Cc1sc2ncn(CC(=O)NC(C)c3nc4ccccc4[nH]3)c(=O)c2c1C. The number of aryl methyl sites for hydroxylation is 2. The standard InChI is InChI=1S/C19H19N5O2S/c1-10-12(3)27-18-16(10)19(26)24(9-20-18)8-15(25)21-11(2)17-22-13-6-4-5-7-14(13)23-17/h4-7,9,11H,8H2,1-3H3,(H,21,25)(H,22,23). The Labute approximate surface area is 159 Å². The number of amides is 1. The lowest BCUT2D eigenvalue weighted by Gasteiger charge is -2.12. The number of H-pyrrole nitrogens is 1. The van der Waals surface area contributed by atoms with Crippen molar-refractivity contribution in [3.05, 3.63) is 57.2 Å². The van der Waals surface area contributed by atoms with Crippen molar-refractivity contribution in [3.63, 3.8) is 0 Å². The largest absolute Gasteiger partial charge is 0.345 e. The van der Waals surface area contributed by atoms with Crippen molar-refractivity contribution in [3.8, 4) is 0 Å². The number of thiophene rings is 1. The highest BCUT2D eigenvalue weighted by atomic mass is 32.1. The van der Waals surface area contributed by atoms with Crippen LogP contribution in [0.5, 0.6) is 0 Å². The summed E-state index contributed by atoms with van der Waals surface area (Å²) < 4.78 is 1.35. The van der Waals surface area contributed by atoms with E-state index in [1.54, 1.807) is 0 Å². The number of carbonyl (C=O) groups excluding carboxylic acids is 1. The van der Waals surface area contributed by atoms with Crippen molar-refractivity contribution in [2.45, 2.75) is 33.4 Å². The second-order valence-corrected chi connectivity index (χ2v) is 7.77. The summed E-state index contributed by atoms with van der Waals surface area (Å²) in [5.41, 5.74) is 2.51. The quantitative estimate of drug-likeness (QED) is 0.568. The molecule has 0 aliphatic heterocycles. The highest BCUT2D eigenvalue weighted by Crippen LogP contribution is 2.25. The number of nitrogens with zero attached hydrogens (tertiary/aromatic N) is 3. The lowest BCUT2D eigenvalue weighted by Crippen LogP contribution is -2.34. The van der Waals surface area contributed by atoms with Crippen LogP contribution in [-0.4, -0.2) is 25.4 Å². The zero-order valence-electron chi connectivity index (χ0n) is 15.2. The molecule has 0 bridgehead atoms. The summed E-state index contributed by atoms with van der Waals surface area (Å²) in [6, 6.07) is 7.39. The van der Waals surface area contributed by atoms with Gasteiger partial charge in [0.1, 0.15) is 17.2 Å². The fourth-order valence-corrected chi connectivity index (χ4v) is 4.06. The Kier molecular flexibility index (Phi) is 4.27. The van der Waals surface area contributed by atoms with E-state index in [2.05, 4.69) is 20.3 Å². The van der Waals surface area contributed by atoms with E-state index in [-0.39, 0.29) is 24.1 Å². The van der Waals surface area contributed by atoms with E-state index in [9.17, 15) is 9.59 Å². The second kappa shape index (κ2) is 6.62. The third-order valence-corrected chi connectivity index (χ3v) is 5.78. The Balaban J connectivity index is 1.54. The summed E-state index contributed by atoms with van der Waals surface area (Å²) >= 11 is 1.49. The van der Waals surface area contributed by atoms with E-state index in [1.165, 1.54) is 22.2 Å². The maximum atomic E-state index is 12.7. The molecule has 3 aromatic heterocycles. The molecule has 0 fully saturated rings. The van der Waals surface area contributed by atoms with Crippen LogP contribution in [0.3, 0.4) is 0 Å². The summed E-state index contributed by atoms with van der Waals surface area (Å²) in [4.78, 5) is 39.0. The van der Waals surface area contributed by atoms with E-state index in [0.29, 0.717) is 16.0 Å². The Morgan fingerprint density at radius 1 is 1.33 bits per heavy atom. The van der Waals surface area contributed by atoms with Gasteiger partial charge in [0, 0.05) is 4.88 Å². The van der Waals surface area contributed by atoms with Gasteiger partial charge in [-0.2, -0.15) is 0 Å². The number of aromatic nitrogens is 4. The molecule has 0 spiro atoms.